The fourth-order valence-corrected chi connectivity index (χ4v) is 5.52. The van der Waals surface area contributed by atoms with E-state index in [1.165, 1.54) is 18.3 Å². The van der Waals surface area contributed by atoms with Crippen LogP contribution in [0, 0.1) is 0 Å². The van der Waals surface area contributed by atoms with Crippen LogP contribution < -0.4 is 24.5 Å². The predicted octanol–water partition coefficient (Wildman–Crippen LogP) is 4.17. The maximum atomic E-state index is 13.5. The Morgan fingerprint density at radius 3 is 2.07 bits per heavy atom. The number of anilines is 1. The van der Waals surface area contributed by atoms with E-state index < -0.39 is 22.5 Å². The number of para-hydroxylation sites is 1. The summed E-state index contributed by atoms with van der Waals surface area (Å²) >= 11 is 0. The molecule has 0 unspecified atom stereocenters. The van der Waals surface area contributed by atoms with E-state index >= 15 is 0 Å². The minimum Gasteiger partial charge on any atom is -0.494 e. The Labute approximate surface area is 257 Å². The summed E-state index contributed by atoms with van der Waals surface area (Å²) in [6.07, 6.45) is 2.16. The highest BCUT2D eigenvalue weighted by atomic mass is 32.2. The molecule has 0 aromatic heterocycles. The minimum atomic E-state index is -4.07. The Bertz CT molecular complexity index is 1630. The number of hydrazone groups is 1. The quantitative estimate of drug-likeness (QED) is 0.153. The molecule has 0 aliphatic heterocycles. The third kappa shape index (κ3) is 9.43. The molecule has 4 aromatic rings. The van der Waals surface area contributed by atoms with Crippen molar-refractivity contribution in [2.24, 2.45) is 5.10 Å². The van der Waals surface area contributed by atoms with Gasteiger partial charge in [-0.3, -0.25) is 13.9 Å². The molecule has 228 valence electrons. The molecule has 0 saturated heterocycles. The van der Waals surface area contributed by atoms with Crippen LogP contribution in [0.1, 0.15) is 18.1 Å². The summed E-state index contributed by atoms with van der Waals surface area (Å²) in [4.78, 5) is 24.9. The first-order valence-corrected chi connectivity index (χ1v) is 15.4. The van der Waals surface area contributed by atoms with Crippen LogP contribution in [0.2, 0.25) is 0 Å². The molecule has 4 aromatic carbocycles. The zero-order chi connectivity index (χ0) is 31.2. The molecule has 2 amide bonds. The number of amides is 2. The molecular formula is C33H34N4O6S. The lowest BCUT2D eigenvalue weighted by Crippen LogP contribution is -2.39. The lowest BCUT2D eigenvalue weighted by molar-refractivity contribution is -0.123. The second kappa shape index (κ2) is 15.9. The van der Waals surface area contributed by atoms with Crippen LogP contribution in [0.5, 0.6) is 11.5 Å². The van der Waals surface area contributed by atoms with Crippen molar-refractivity contribution in [1.29, 1.82) is 0 Å². The lowest BCUT2D eigenvalue weighted by atomic mass is 10.1. The maximum Gasteiger partial charge on any atom is 0.264 e. The van der Waals surface area contributed by atoms with Crippen molar-refractivity contribution in [2.45, 2.75) is 18.2 Å². The third-order valence-electron chi connectivity index (χ3n) is 6.29. The van der Waals surface area contributed by atoms with Gasteiger partial charge in [-0.2, -0.15) is 5.10 Å². The number of hydrogen-bond donors (Lipinski definition) is 2. The summed E-state index contributed by atoms with van der Waals surface area (Å²) in [6.45, 7) is 2.21. The van der Waals surface area contributed by atoms with Crippen LogP contribution in [0.15, 0.2) is 119 Å². The highest BCUT2D eigenvalue weighted by molar-refractivity contribution is 7.92. The van der Waals surface area contributed by atoms with Crippen LogP contribution in [0.25, 0.3) is 0 Å². The Morgan fingerprint density at radius 2 is 1.41 bits per heavy atom. The van der Waals surface area contributed by atoms with Gasteiger partial charge in [0.05, 0.1) is 23.4 Å². The molecule has 0 heterocycles. The van der Waals surface area contributed by atoms with Gasteiger partial charge in [0.2, 0.25) is 0 Å². The molecule has 2 N–H and O–H groups in total. The summed E-state index contributed by atoms with van der Waals surface area (Å²) in [5.74, 6) is 0.202. The highest BCUT2D eigenvalue weighted by Gasteiger charge is 2.27. The van der Waals surface area contributed by atoms with Gasteiger partial charge in [0.15, 0.2) is 6.61 Å². The summed E-state index contributed by atoms with van der Waals surface area (Å²) in [5, 5.41) is 6.80. The molecule has 10 nitrogen and oxygen atoms in total. The maximum absolute atomic E-state index is 13.5. The van der Waals surface area contributed by atoms with Gasteiger partial charge in [0.25, 0.3) is 21.8 Å². The SMILES string of the molecule is CCOc1ccc(S(=O)(=O)N(CC(=O)N/N=C\c2ccc(OCC(=O)NCCc3ccccc3)cc2)c2ccccc2)cc1. The number of rotatable bonds is 15. The van der Waals surface area contributed by atoms with E-state index in [0.717, 1.165) is 16.3 Å². The van der Waals surface area contributed by atoms with Crippen molar-refractivity contribution >= 4 is 33.7 Å². The lowest BCUT2D eigenvalue weighted by Gasteiger charge is -2.23. The summed E-state index contributed by atoms with van der Waals surface area (Å²) in [6, 6.07) is 31.1. The van der Waals surface area contributed by atoms with Gasteiger partial charge in [0, 0.05) is 6.54 Å². The topological polar surface area (TPSA) is 126 Å². The molecule has 0 radical (unpaired) electrons. The van der Waals surface area contributed by atoms with Gasteiger partial charge in [0.1, 0.15) is 18.0 Å². The Morgan fingerprint density at radius 1 is 0.795 bits per heavy atom. The molecule has 0 bridgehead atoms. The van der Waals surface area contributed by atoms with Crippen molar-refractivity contribution in [3.05, 3.63) is 120 Å². The molecule has 0 atom stereocenters. The molecule has 0 spiro atoms. The zero-order valence-electron chi connectivity index (χ0n) is 24.3. The fraction of sp³-hybridized carbons (Fsp3) is 0.182. The van der Waals surface area contributed by atoms with Gasteiger partial charge >= 0.3 is 0 Å². The largest absolute Gasteiger partial charge is 0.494 e. The zero-order valence-corrected chi connectivity index (χ0v) is 25.1. The van der Waals surface area contributed by atoms with Gasteiger partial charge < -0.3 is 14.8 Å². The van der Waals surface area contributed by atoms with E-state index in [1.54, 1.807) is 66.7 Å². The number of sulfonamides is 1. The Hall–Kier alpha value is -5.16. The van der Waals surface area contributed by atoms with Crippen LogP contribution in [-0.4, -0.2) is 52.8 Å². The van der Waals surface area contributed by atoms with Gasteiger partial charge in [-0.05, 0) is 85.1 Å². The molecule has 44 heavy (non-hydrogen) atoms. The average molecular weight is 615 g/mol. The monoisotopic (exact) mass is 614 g/mol. The van der Waals surface area contributed by atoms with Crippen LogP contribution in [0.4, 0.5) is 5.69 Å². The number of benzene rings is 4. The van der Waals surface area contributed by atoms with Crippen molar-refractivity contribution in [3.8, 4) is 11.5 Å². The normalized spacial score (nSPS) is 11.1. The van der Waals surface area contributed by atoms with E-state index in [0.29, 0.717) is 35.9 Å². The summed E-state index contributed by atoms with van der Waals surface area (Å²) in [5.41, 5.74) is 4.52. The summed E-state index contributed by atoms with van der Waals surface area (Å²) < 4.78 is 39.0. The molecule has 0 aliphatic carbocycles. The number of nitrogens with one attached hydrogen (secondary N) is 2. The molecule has 4 rings (SSSR count). The molecule has 0 aliphatic rings. The van der Waals surface area contributed by atoms with Crippen molar-refractivity contribution < 1.29 is 27.5 Å². The van der Waals surface area contributed by atoms with E-state index in [4.69, 9.17) is 9.47 Å². The van der Waals surface area contributed by atoms with E-state index in [9.17, 15) is 18.0 Å². The first-order chi connectivity index (χ1) is 21.3. The predicted molar refractivity (Wildman–Crippen MR) is 169 cm³/mol. The Kier molecular flexibility index (Phi) is 11.5. The summed E-state index contributed by atoms with van der Waals surface area (Å²) in [7, 11) is -4.07. The number of nitrogens with zero attached hydrogens (tertiary/aromatic N) is 2. The van der Waals surface area contributed by atoms with Gasteiger partial charge in [-0.25, -0.2) is 13.8 Å². The molecule has 0 fully saturated rings. The number of carbonyl (C=O) groups is 2. The average Bonchev–Trinajstić information content (AvgIpc) is 3.04. The van der Waals surface area contributed by atoms with E-state index in [2.05, 4.69) is 15.8 Å². The third-order valence-corrected chi connectivity index (χ3v) is 8.07. The van der Waals surface area contributed by atoms with Crippen LogP contribution in [-0.2, 0) is 26.0 Å². The van der Waals surface area contributed by atoms with Crippen molar-refractivity contribution in [2.75, 3.05) is 30.6 Å². The van der Waals surface area contributed by atoms with Crippen molar-refractivity contribution in [1.82, 2.24) is 10.7 Å². The second-order valence-corrected chi connectivity index (χ2v) is 11.4. The Balaban J connectivity index is 1.29. The van der Waals surface area contributed by atoms with Crippen LogP contribution >= 0.6 is 0 Å². The van der Waals surface area contributed by atoms with Crippen molar-refractivity contribution in [3.63, 3.8) is 0 Å². The smallest absolute Gasteiger partial charge is 0.264 e. The molecule has 11 heteroatoms. The second-order valence-electron chi connectivity index (χ2n) is 9.49. The molecule has 0 saturated carbocycles. The number of carbonyl (C=O) groups excluding carboxylic acids is 2. The number of ether oxygens (including phenoxy) is 2. The minimum absolute atomic E-state index is 0.0214. The highest BCUT2D eigenvalue weighted by Crippen LogP contribution is 2.25. The van der Waals surface area contributed by atoms with E-state index in [-0.39, 0.29) is 17.4 Å². The van der Waals surface area contributed by atoms with Crippen LogP contribution in [0.3, 0.4) is 0 Å². The standard InChI is InChI=1S/C33H34N4O6S/c1-2-42-29-17-19-31(20-18-29)44(40,41)37(28-11-7-4-8-12-28)24-32(38)36-35-23-27-13-15-30(16-14-27)43-25-33(39)34-22-21-26-9-5-3-6-10-26/h3-20,23H,2,21-22,24-25H2,1H3,(H,34,39)(H,36,38)/b35-23-. The first kappa shape index (κ1) is 31.8. The van der Waals surface area contributed by atoms with Gasteiger partial charge in [-0.15, -0.1) is 0 Å². The number of hydrogen-bond acceptors (Lipinski definition) is 7. The first-order valence-electron chi connectivity index (χ1n) is 14.0. The molecular weight excluding hydrogens is 580 g/mol. The van der Waals surface area contributed by atoms with Gasteiger partial charge in [-0.1, -0.05) is 48.5 Å². The van der Waals surface area contributed by atoms with E-state index in [1.807, 2.05) is 37.3 Å². The fourth-order valence-electron chi connectivity index (χ4n) is 4.10.